The topological polar surface area (TPSA) is 83.8 Å². The van der Waals surface area contributed by atoms with E-state index in [-0.39, 0.29) is 5.56 Å². The molecule has 2 aromatic heterocycles. The van der Waals surface area contributed by atoms with Gasteiger partial charge in [-0.3, -0.25) is 4.68 Å². The van der Waals surface area contributed by atoms with E-state index in [1.807, 2.05) is 0 Å². The Morgan fingerprint density at radius 1 is 1.47 bits per heavy atom. The lowest BCUT2D eigenvalue weighted by atomic mass is 10.2. The first-order valence-corrected chi connectivity index (χ1v) is 5.85. The van der Waals surface area contributed by atoms with Crippen molar-refractivity contribution in [3.8, 4) is 11.5 Å². The molecule has 19 heavy (non-hydrogen) atoms. The van der Waals surface area contributed by atoms with Gasteiger partial charge >= 0.3 is 5.97 Å². The molecule has 7 heteroatoms. The normalized spacial score (nSPS) is 11.1. The van der Waals surface area contributed by atoms with Gasteiger partial charge in [-0.2, -0.15) is 5.10 Å². The maximum atomic E-state index is 10.9. The van der Waals surface area contributed by atoms with E-state index >= 15 is 0 Å². The average molecular weight is 277 g/mol. The molecule has 0 radical (unpaired) electrons. The Labute approximate surface area is 112 Å². The van der Waals surface area contributed by atoms with Crippen LogP contribution < -0.4 is 0 Å². The Hall–Kier alpha value is -2.34. The third-order valence-electron chi connectivity index (χ3n) is 2.74. The number of imidazole rings is 1. The quantitative estimate of drug-likeness (QED) is 0.752. The number of aromatic nitrogens is 4. The van der Waals surface area contributed by atoms with Crippen molar-refractivity contribution in [2.24, 2.45) is 7.05 Å². The molecular weight excluding hydrogens is 268 g/mol. The summed E-state index contributed by atoms with van der Waals surface area (Å²) in [6.07, 6.45) is 1.67. The number of aromatic amines is 1. The number of aromatic carboxylic acids is 1. The molecule has 3 aromatic rings. The van der Waals surface area contributed by atoms with Crippen molar-refractivity contribution in [2.45, 2.75) is 0 Å². The fourth-order valence-corrected chi connectivity index (χ4v) is 2.14. The van der Waals surface area contributed by atoms with Gasteiger partial charge < -0.3 is 10.1 Å². The van der Waals surface area contributed by atoms with Gasteiger partial charge in [0.25, 0.3) is 0 Å². The third kappa shape index (κ3) is 1.96. The zero-order valence-corrected chi connectivity index (χ0v) is 10.6. The lowest BCUT2D eigenvalue weighted by Crippen LogP contribution is -1.94. The van der Waals surface area contributed by atoms with E-state index in [2.05, 4.69) is 15.1 Å². The first-order chi connectivity index (χ1) is 9.04. The number of nitrogens with zero attached hydrogens (tertiary/aromatic N) is 3. The monoisotopic (exact) mass is 276 g/mol. The van der Waals surface area contributed by atoms with Crippen molar-refractivity contribution in [1.82, 2.24) is 19.7 Å². The Morgan fingerprint density at radius 2 is 2.26 bits per heavy atom. The van der Waals surface area contributed by atoms with E-state index < -0.39 is 5.97 Å². The van der Waals surface area contributed by atoms with Crippen LogP contribution in [-0.4, -0.2) is 30.8 Å². The Kier molecular flexibility index (Phi) is 2.53. The second kappa shape index (κ2) is 4.10. The summed E-state index contributed by atoms with van der Waals surface area (Å²) < 4.78 is 1.59. The summed E-state index contributed by atoms with van der Waals surface area (Å²) in [5.41, 5.74) is 2.05. The van der Waals surface area contributed by atoms with E-state index in [0.717, 1.165) is 0 Å². The van der Waals surface area contributed by atoms with E-state index in [4.69, 9.17) is 16.7 Å². The minimum Gasteiger partial charge on any atom is -0.478 e. The van der Waals surface area contributed by atoms with Crippen molar-refractivity contribution < 1.29 is 9.90 Å². The average Bonchev–Trinajstić information content (AvgIpc) is 2.90. The zero-order chi connectivity index (χ0) is 13.6. The molecule has 3 rings (SSSR count). The molecule has 6 nitrogen and oxygen atoms in total. The number of fused-ring (bicyclic) bond motifs is 1. The maximum absolute atomic E-state index is 10.9. The summed E-state index contributed by atoms with van der Waals surface area (Å²) in [7, 11) is 1.76. The highest BCUT2D eigenvalue weighted by molar-refractivity contribution is 6.32. The zero-order valence-electron chi connectivity index (χ0n) is 9.88. The van der Waals surface area contributed by atoms with Crippen LogP contribution in [0.5, 0.6) is 0 Å². The van der Waals surface area contributed by atoms with Crippen LogP contribution in [-0.2, 0) is 7.05 Å². The summed E-state index contributed by atoms with van der Waals surface area (Å²) in [4.78, 5) is 18.3. The first kappa shape index (κ1) is 11.7. The molecule has 2 heterocycles. The lowest BCUT2D eigenvalue weighted by Gasteiger charge is -1.92. The molecule has 0 atom stereocenters. The van der Waals surface area contributed by atoms with E-state index in [1.54, 1.807) is 24.0 Å². The highest BCUT2D eigenvalue weighted by Crippen LogP contribution is 2.26. The lowest BCUT2D eigenvalue weighted by molar-refractivity contribution is 0.0697. The third-order valence-corrected chi connectivity index (χ3v) is 3.01. The fraction of sp³-hybridized carbons (Fsp3) is 0.0833. The number of benzene rings is 1. The molecule has 0 spiro atoms. The van der Waals surface area contributed by atoms with Crippen LogP contribution in [0.4, 0.5) is 0 Å². The number of hydrogen-bond acceptors (Lipinski definition) is 3. The van der Waals surface area contributed by atoms with Crippen molar-refractivity contribution in [3.63, 3.8) is 0 Å². The van der Waals surface area contributed by atoms with Crippen LogP contribution in [0.1, 0.15) is 10.4 Å². The van der Waals surface area contributed by atoms with Crippen LogP contribution in [0.25, 0.3) is 22.6 Å². The number of hydrogen-bond donors (Lipinski definition) is 2. The van der Waals surface area contributed by atoms with Crippen molar-refractivity contribution >= 4 is 28.6 Å². The summed E-state index contributed by atoms with van der Waals surface area (Å²) in [6, 6.07) is 4.69. The number of halogens is 1. The summed E-state index contributed by atoms with van der Waals surface area (Å²) in [5.74, 6) is -0.461. The van der Waals surface area contributed by atoms with Gasteiger partial charge in [0.2, 0.25) is 0 Å². The molecule has 0 aliphatic rings. The van der Waals surface area contributed by atoms with E-state index in [1.165, 1.54) is 12.1 Å². The van der Waals surface area contributed by atoms with Gasteiger partial charge in [-0.05, 0) is 18.2 Å². The first-order valence-electron chi connectivity index (χ1n) is 5.47. The van der Waals surface area contributed by atoms with Crippen LogP contribution >= 0.6 is 11.6 Å². The molecule has 0 saturated carbocycles. The number of nitrogens with one attached hydrogen (secondary N) is 1. The van der Waals surface area contributed by atoms with Crippen molar-refractivity contribution in [2.75, 3.05) is 0 Å². The molecule has 0 saturated heterocycles. The number of rotatable bonds is 2. The van der Waals surface area contributed by atoms with Crippen LogP contribution in [0.3, 0.4) is 0 Å². The molecule has 0 bridgehead atoms. The number of aryl methyl sites for hydroxylation is 1. The highest BCUT2D eigenvalue weighted by Gasteiger charge is 2.13. The molecule has 0 unspecified atom stereocenters. The van der Waals surface area contributed by atoms with Gasteiger partial charge in [0.05, 0.1) is 21.6 Å². The Morgan fingerprint density at radius 3 is 2.89 bits per heavy atom. The van der Waals surface area contributed by atoms with Crippen molar-refractivity contribution in [3.05, 3.63) is 35.0 Å². The van der Waals surface area contributed by atoms with Gasteiger partial charge in [0, 0.05) is 13.2 Å². The molecular formula is C12H9ClN4O2. The summed E-state index contributed by atoms with van der Waals surface area (Å²) in [6.45, 7) is 0. The molecule has 1 aromatic carbocycles. The second-order valence-corrected chi connectivity index (χ2v) is 4.53. The minimum absolute atomic E-state index is 0.204. The maximum Gasteiger partial charge on any atom is 0.335 e. The highest BCUT2D eigenvalue weighted by atomic mass is 35.5. The smallest absolute Gasteiger partial charge is 0.335 e. The molecule has 0 amide bonds. The predicted octanol–water partition coefficient (Wildman–Crippen LogP) is 2.31. The second-order valence-electron chi connectivity index (χ2n) is 4.12. The van der Waals surface area contributed by atoms with Gasteiger partial charge in [-0.1, -0.05) is 11.6 Å². The van der Waals surface area contributed by atoms with E-state index in [0.29, 0.717) is 27.6 Å². The molecule has 0 aliphatic carbocycles. The standard InChI is InChI=1S/C12H9ClN4O2/c1-17-5-7(13)10(16-17)11-14-8-3-2-6(12(18)19)4-9(8)15-11/h2-5H,1H3,(H,14,15)(H,18,19). The SMILES string of the molecule is Cn1cc(Cl)c(-c2nc3ccc(C(=O)O)cc3[nH]2)n1. The van der Waals surface area contributed by atoms with Gasteiger partial charge in [-0.25, -0.2) is 9.78 Å². The van der Waals surface area contributed by atoms with Gasteiger partial charge in [0.15, 0.2) is 5.82 Å². The predicted molar refractivity (Wildman–Crippen MR) is 70.3 cm³/mol. The van der Waals surface area contributed by atoms with Crippen LogP contribution in [0, 0.1) is 0 Å². The Bertz CT molecular complexity index is 790. The number of carboxylic acid groups (broad SMARTS) is 1. The largest absolute Gasteiger partial charge is 0.478 e. The number of carbonyl (C=O) groups is 1. The van der Waals surface area contributed by atoms with Crippen molar-refractivity contribution in [1.29, 1.82) is 0 Å². The molecule has 96 valence electrons. The molecule has 2 N–H and O–H groups in total. The van der Waals surface area contributed by atoms with Crippen LogP contribution in [0.2, 0.25) is 5.02 Å². The Balaban J connectivity index is 2.16. The van der Waals surface area contributed by atoms with E-state index in [9.17, 15) is 4.79 Å². The van der Waals surface area contributed by atoms with Crippen LogP contribution in [0.15, 0.2) is 24.4 Å². The number of carboxylic acids is 1. The van der Waals surface area contributed by atoms with Gasteiger partial charge in [-0.15, -0.1) is 0 Å². The number of H-pyrrole nitrogens is 1. The van der Waals surface area contributed by atoms with Gasteiger partial charge in [0.1, 0.15) is 5.69 Å². The molecule has 0 fully saturated rings. The summed E-state index contributed by atoms with van der Waals surface area (Å²) in [5, 5.41) is 13.6. The minimum atomic E-state index is -0.978. The molecule has 0 aliphatic heterocycles. The summed E-state index contributed by atoms with van der Waals surface area (Å²) >= 11 is 6.05. The fourth-order valence-electron chi connectivity index (χ4n) is 1.87.